The number of rotatable bonds is 2. The summed E-state index contributed by atoms with van der Waals surface area (Å²) in [6, 6.07) is 0.498. The van der Waals surface area contributed by atoms with E-state index >= 15 is 0 Å². The molecule has 3 rings (SSSR count). The van der Waals surface area contributed by atoms with Crippen molar-refractivity contribution in [3.05, 3.63) is 6.33 Å². The maximum atomic E-state index is 11.9. The zero-order valence-electron chi connectivity index (χ0n) is 8.91. The van der Waals surface area contributed by atoms with Crippen LogP contribution in [0.15, 0.2) is 6.33 Å². The van der Waals surface area contributed by atoms with Gasteiger partial charge in [0.25, 0.3) is 0 Å². The summed E-state index contributed by atoms with van der Waals surface area (Å²) in [6.07, 6.45) is 2.65. The first kappa shape index (κ1) is 9.71. The Hall–Kier alpha value is -1.50. The van der Waals surface area contributed by atoms with Gasteiger partial charge in [-0.05, 0) is 29.3 Å². The predicted molar refractivity (Wildman–Crippen MR) is 54.3 cm³/mol. The highest BCUT2D eigenvalue weighted by atomic mass is 16.2. The highest BCUT2D eigenvalue weighted by Gasteiger charge is 2.37. The lowest BCUT2D eigenvalue weighted by Crippen LogP contribution is -2.36. The largest absolute Gasteiger partial charge is 0.339 e. The number of nitrogens with zero attached hydrogens (tertiary/aromatic N) is 5. The van der Waals surface area contributed by atoms with E-state index in [0.717, 1.165) is 19.6 Å². The first-order valence-electron chi connectivity index (χ1n) is 5.55. The van der Waals surface area contributed by atoms with E-state index in [1.165, 1.54) is 17.4 Å². The number of tetrazole rings is 1. The number of amides is 1. The molecule has 2 fully saturated rings. The summed E-state index contributed by atoms with van der Waals surface area (Å²) < 4.78 is 1.46. The minimum absolute atomic E-state index is 0.100. The number of fused-ring (bicyclic) bond motifs is 1. The van der Waals surface area contributed by atoms with Crippen molar-refractivity contribution in [2.45, 2.75) is 19.0 Å². The van der Waals surface area contributed by atoms with E-state index in [0.29, 0.717) is 12.0 Å². The molecule has 0 saturated carbocycles. The Bertz CT molecular complexity index is 365. The van der Waals surface area contributed by atoms with Crippen LogP contribution in [0, 0.1) is 5.92 Å². The fourth-order valence-electron chi connectivity index (χ4n) is 2.54. The molecule has 0 unspecified atom stereocenters. The minimum atomic E-state index is 0.100. The van der Waals surface area contributed by atoms with Crippen molar-refractivity contribution in [3.63, 3.8) is 0 Å². The molecule has 0 spiro atoms. The van der Waals surface area contributed by atoms with Gasteiger partial charge >= 0.3 is 0 Å². The third-order valence-corrected chi connectivity index (χ3v) is 3.40. The van der Waals surface area contributed by atoms with Crippen LogP contribution in [0.25, 0.3) is 0 Å². The van der Waals surface area contributed by atoms with Crippen LogP contribution in [-0.2, 0) is 11.3 Å². The van der Waals surface area contributed by atoms with Crippen LogP contribution in [0.2, 0.25) is 0 Å². The number of hydrogen-bond acceptors (Lipinski definition) is 5. The lowest BCUT2D eigenvalue weighted by atomic mass is 10.1. The molecule has 2 aliphatic heterocycles. The van der Waals surface area contributed by atoms with Crippen molar-refractivity contribution in [2.24, 2.45) is 5.92 Å². The molecular weight excluding hydrogens is 208 g/mol. The van der Waals surface area contributed by atoms with E-state index in [1.54, 1.807) is 0 Å². The van der Waals surface area contributed by atoms with Crippen molar-refractivity contribution in [1.29, 1.82) is 0 Å². The van der Waals surface area contributed by atoms with Crippen molar-refractivity contribution in [3.8, 4) is 0 Å². The quantitative estimate of drug-likeness (QED) is 0.658. The van der Waals surface area contributed by atoms with E-state index in [-0.39, 0.29) is 12.5 Å². The summed E-state index contributed by atoms with van der Waals surface area (Å²) in [5.41, 5.74) is 0. The van der Waals surface area contributed by atoms with Crippen molar-refractivity contribution >= 4 is 5.91 Å². The fraction of sp³-hybridized carbons (Fsp3) is 0.778. The molecule has 3 heterocycles. The molecule has 1 aromatic rings. The number of aromatic nitrogens is 4. The molecule has 16 heavy (non-hydrogen) atoms. The van der Waals surface area contributed by atoms with Gasteiger partial charge in [0.15, 0.2) is 0 Å². The molecular formula is C9H14N6O. The third-order valence-electron chi connectivity index (χ3n) is 3.40. The van der Waals surface area contributed by atoms with Gasteiger partial charge in [-0.2, -0.15) is 0 Å². The fourth-order valence-corrected chi connectivity index (χ4v) is 2.54. The van der Waals surface area contributed by atoms with E-state index in [4.69, 9.17) is 0 Å². The molecule has 0 radical (unpaired) electrons. The molecule has 86 valence electrons. The number of likely N-dealkylation sites (tertiary alicyclic amines) is 1. The Morgan fingerprint density at radius 2 is 2.44 bits per heavy atom. The normalized spacial score (nSPS) is 28.4. The van der Waals surface area contributed by atoms with Gasteiger partial charge in [0, 0.05) is 19.1 Å². The van der Waals surface area contributed by atoms with Crippen LogP contribution < -0.4 is 5.32 Å². The summed E-state index contributed by atoms with van der Waals surface area (Å²) >= 11 is 0. The lowest BCUT2D eigenvalue weighted by molar-refractivity contribution is -0.131. The highest BCUT2D eigenvalue weighted by molar-refractivity contribution is 5.76. The van der Waals surface area contributed by atoms with Crippen LogP contribution in [-0.4, -0.2) is 56.7 Å². The second-order valence-electron chi connectivity index (χ2n) is 4.42. The zero-order valence-corrected chi connectivity index (χ0v) is 8.91. The Morgan fingerprint density at radius 1 is 1.50 bits per heavy atom. The van der Waals surface area contributed by atoms with Crippen LogP contribution in [0.5, 0.6) is 0 Å². The topological polar surface area (TPSA) is 75.9 Å². The van der Waals surface area contributed by atoms with E-state index in [9.17, 15) is 4.79 Å². The molecule has 2 atom stereocenters. The van der Waals surface area contributed by atoms with Gasteiger partial charge in [0.2, 0.25) is 5.91 Å². The minimum Gasteiger partial charge on any atom is -0.339 e. The molecule has 2 saturated heterocycles. The molecule has 7 nitrogen and oxygen atoms in total. The summed E-state index contributed by atoms with van der Waals surface area (Å²) in [5.74, 6) is 0.737. The SMILES string of the molecule is O=C(Cn1cnnn1)N1C[C@@H]2CCN[C@@H]2C1. The summed E-state index contributed by atoms with van der Waals surface area (Å²) in [4.78, 5) is 13.8. The predicted octanol–water partition coefficient (Wildman–Crippen LogP) is -1.51. The highest BCUT2D eigenvalue weighted by Crippen LogP contribution is 2.24. The lowest BCUT2D eigenvalue weighted by Gasteiger charge is -2.16. The standard InChI is InChI=1S/C9H14N6O/c16-9(5-15-6-11-12-13-15)14-3-7-1-2-10-8(7)4-14/h6-8,10H,1-5H2/t7-,8+/m0/s1. The van der Waals surface area contributed by atoms with Crippen LogP contribution in [0.3, 0.4) is 0 Å². The van der Waals surface area contributed by atoms with Crippen LogP contribution in [0.1, 0.15) is 6.42 Å². The number of carbonyl (C=O) groups excluding carboxylic acids is 1. The van der Waals surface area contributed by atoms with Crippen molar-refractivity contribution in [1.82, 2.24) is 30.4 Å². The van der Waals surface area contributed by atoms with Gasteiger partial charge in [-0.25, -0.2) is 4.68 Å². The molecule has 1 amide bonds. The Labute approximate surface area is 92.8 Å². The second-order valence-corrected chi connectivity index (χ2v) is 4.42. The third kappa shape index (κ3) is 1.67. The Balaban J connectivity index is 1.60. The average Bonchev–Trinajstić information content (AvgIpc) is 2.91. The smallest absolute Gasteiger partial charge is 0.244 e. The maximum Gasteiger partial charge on any atom is 0.244 e. The van der Waals surface area contributed by atoms with Gasteiger partial charge in [0.05, 0.1) is 0 Å². The molecule has 1 aromatic heterocycles. The summed E-state index contributed by atoms with van der Waals surface area (Å²) in [5, 5.41) is 14.1. The number of carbonyl (C=O) groups is 1. The van der Waals surface area contributed by atoms with Crippen LogP contribution in [0.4, 0.5) is 0 Å². The first-order valence-corrected chi connectivity index (χ1v) is 5.55. The monoisotopic (exact) mass is 222 g/mol. The number of nitrogens with one attached hydrogen (secondary N) is 1. The van der Waals surface area contributed by atoms with Gasteiger partial charge in [-0.15, -0.1) is 5.10 Å². The average molecular weight is 222 g/mol. The molecule has 2 aliphatic rings. The van der Waals surface area contributed by atoms with Gasteiger partial charge in [0.1, 0.15) is 12.9 Å². The van der Waals surface area contributed by atoms with Gasteiger partial charge < -0.3 is 10.2 Å². The summed E-state index contributed by atoms with van der Waals surface area (Å²) in [7, 11) is 0. The maximum absolute atomic E-state index is 11.9. The van der Waals surface area contributed by atoms with E-state index in [2.05, 4.69) is 20.8 Å². The van der Waals surface area contributed by atoms with Crippen molar-refractivity contribution in [2.75, 3.05) is 19.6 Å². The second kappa shape index (κ2) is 3.82. The molecule has 0 bridgehead atoms. The van der Waals surface area contributed by atoms with Gasteiger partial charge in [-0.3, -0.25) is 4.79 Å². The number of hydrogen-bond donors (Lipinski definition) is 1. The first-order chi connectivity index (χ1) is 7.83. The molecule has 1 N–H and O–H groups in total. The van der Waals surface area contributed by atoms with E-state index < -0.39 is 0 Å². The van der Waals surface area contributed by atoms with Gasteiger partial charge in [-0.1, -0.05) is 0 Å². The van der Waals surface area contributed by atoms with E-state index in [1.807, 2.05) is 4.90 Å². The molecule has 7 heteroatoms. The zero-order chi connectivity index (χ0) is 11.0. The molecule has 0 aromatic carbocycles. The Morgan fingerprint density at radius 3 is 3.19 bits per heavy atom. The van der Waals surface area contributed by atoms with Crippen molar-refractivity contribution < 1.29 is 4.79 Å². The summed E-state index contributed by atoms with van der Waals surface area (Å²) in [6.45, 7) is 3.03. The van der Waals surface area contributed by atoms with Crippen LogP contribution >= 0.6 is 0 Å². The molecule has 0 aliphatic carbocycles. The Kier molecular flexibility index (Phi) is 2.32.